The number of hydrogen-bond acceptors (Lipinski definition) is 6. The van der Waals surface area contributed by atoms with Gasteiger partial charge in [-0.15, -0.1) is 0 Å². The van der Waals surface area contributed by atoms with E-state index in [4.69, 9.17) is 9.47 Å². The Bertz CT molecular complexity index is 1190. The van der Waals surface area contributed by atoms with Crippen LogP contribution < -0.4 is 9.47 Å². The first-order valence-electron chi connectivity index (χ1n) is 9.02. The van der Waals surface area contributed by atoms with E-state index in [-0.39, 0.29) is 28.7 Å². The third-order valence-corrected chi connectivity index (χ3v) is 4.54. The van der Waals surface area contributed by atoms with E-state index >= 15 is 0 Å². The number of non-ortho nitro benzene ring substituents is 1. The average Bonchev–Trinajstić information content (AvgIpc) is 3.03. The van der Waals surface area contributed by atoms with Crippen molar-refractivity contribution in [1.82, 2.24) is 0 Å². The van der Waals surface area contributed by atoms with Crippen LogP contribution in [0.25, 0.3) is 6.08 Å². The maximum atomic E-state index is 12.6. The van der Waals surface area contributed by atoms with Crippen molar-refractivity contribution in [2.75, 3.05) is 0 Å². The van der Waals surface area contributed by atoms with Crippen molar-refractivity contribution in [3.8, 4) is 11.5 Å². The molecule has 0 amide bonds. The number of rotatable bonds is 4. The first kappa shape index (κ1) is 19.1. The molecule has 0 aromatic heterocycles. The number of fused-ring (bicyclic) bond motifs is 1. The van der Waals surface area contributed by atoms with Gasteiger partial charge in [0, 0.05) is 18.2 Å². The second-order valence-corrected chi connectivity index (χ2v) is 6.70. The third-order valence-electron chi connectivity index (χ3n) is 4.54. The van der Waals surface area contributed by atoms with Gasteiger partial charge < -0.3 is 9.47 Å². The summed E-state index contributed by atoms with van der Waals surface area (Å²) in [5.74, 6) is -0.215. The lowest BCUT2D eigenvalue weighted by Gasteiger charge is -2.06. The number of nitrogens with zero attached hydrogens (tertiary/aromatic N) is 1. The van der Waals surface area contributed by atoms with Gasteiger partial charge in [-0.3, -0.25) is 14.9 Å². The zero-order valence-electron chi connectivity index (χ0n) is 15.8. The molecule has 4 rings (SSSR count). The minimum atomic E-state index is -0.513. The van der Waals surface area contributed by atoms with Crippen LogP contribution in [-0.4, -0.2) is 16.7 Å². The summed E-state index contributed by atoms with van der Waals surface area (Å²) >= 11 is 0. The lowest BCUT2D eigenvalue weighted by Crippen LogP contribution is -2.08. The van der Waals surface area contributed by atoms with E-state index in [0.717, 1.165) is 5.56 Å². The summed E-state index contributed by atoms with van der Waals surface area (Å²) in [6, 6.07) is 17.3. The van der Waals surface area contributed by atoms with Crippen molar-refractivity contribution in [3.63, 3.8) is 0 Å². The van der Waals surface area contributed by atoms with Gasteiger partial charge >= 0.3 is 5.97 Å². The van der Waals surface area contributed by atoms with E-state index in [2.05, 4.69) is 0 Å². The van der Waals surface area contributed by atoms with E-state index in [9.17, 15) is 19.7 Å². The number of nitro benzene ring substituents is 1. The number of carbonyl (C=O) groups is 2. The van der Waals surface area contributed by atoms with Gasteiger partial charge in [-0.1, -0.05) is 17.7 Å². The van der Waals surface area contributed by atoms with E-state index in [1.807, 2.05) is 19.1 Å². The Morgan fingerprint density at radius 3 is 2.40 bits per heavy atom. The largest absolute Gasteiger partial charge is 0.452 e. The number of hydrogen-bond donors (Lipinski definition) is 0. The molecule has 3 aromatic rings. The number of ketones is 1. The van der Waals surface area contributed by atoms with Crippen molar-refractivity contribution < 1.29 is 24.0 Å². The second kappa shape index (κ2) is 7.63. The fraction of sp³-hybridized carbons (Fsp3) is 0.0435. The molecule has 7 heteroatoms. The summed E-state index contributed by atoms with van der Waals surface area (Å²) in [4.78, 5) is 35.1. The Kier molecular flexibility index (Phi) is 4.85. The molecule has 3 aromatic carbocycles. The second-order valence-electron chi connectivity index (χ2n) is 6.70. The number of aryl methyl sites for hydroxylation is 1. The smallest absolute Gasteiger partial charge is 0.343 e. The summed E-state index contributed by atoms with van der Waals surface area (Å²) in [6.45, 7) is 1.92. The number of benzene rings is 3. The van der Waals surface area contributed by atoms with E-state index < -0.39 is 10.9 Å². The number of Topliss-reactive ketones (excluding diaryl/α,β-unsaturated/α-hetero) is 1. The summed E-state index contributed by atoms with van der Waals surface area (Å²) in [5.41, 5.74) is 2.33. The fourth-order valence-corrected chi connectivity index (χ4v) is 2.93. The van der Waals surface area contributed by atoms with Gasteiger partial charge in [-0.25, -0.2) is 4.79 Å². The maximum Gasteiger partial charge on any atom is 0.343 e. The number of allylic oxidation sites excluding steroid dienone is 1. The van der Waals surface area contributed by atoms with Gasteiger partial charge in [0.25, 0.3) is 5.69 Å². The number of ether oxygens (including phenoxy) is 2. The van der Waals surface area contributed by atoms with Gasteiger partial charge in [0.05, 0.1) is 16.1 Å². The minimum absolute atomic E-state index is 0.0425. The predicted octanol–water partition coefficient (Wildman–Crippen LogP) is 4.74. The Morgan fingerprint density at radius 2 is 1.73 bits per heavy atom. The van der Waals surface area contributed by atoms with Crippen molar-refractivity contribution in [3.05, 3.63) is 105 Å². The topological polar surface area (TPSA) is 95.7 Å². The molecule has 1 aliphatic heterocycles. The molecular weight excluding hydrogens is 386 g/mol. The molecule has 0 saturated carbocycles. The highest BCUT2D eigenvalue weighted by Gasteiger charge is 2.28. The predicted molar refractivity (Wildman–Crippen MR) is 109 cm³/mol. The van der Waals surface area contributed by atoms with E-state index in [0.29, 0.717) is 16.7 Å². The van der Waals surface area contributed by atoms with Crippen LogP contribution in [0.1, 0.15) is 31.8 Å². The first-order valence-corrected chi connectivity index (χ1v) is 9.02. The molecule has 0 bridgehead atoms. The Labute approximate surface area is 171 Å². The lowest BCUT2D eigenvalue weighted by atomic mass is 10.1. The molecule has 0 spiro atoms. The molecule has 1 heterocycles. The van der Waals surface area contributed by atoms with Crippen LogP contribution in [0.2, 0.25) is 0 Å². The maximum absolute atomic E-state index is 12.6. The monoisotopic (exact) mass is 401 g/mol. The number of nitro groups is 1. The van der Waals surface area contributed by atoms with Crippen LogP contribution in [0.5, 0.6) is 11.5 Å². The van der Waals surface area contributed by atoms with Crippen LogP contribution in [0.15, 0.2) is 72.5 Å². The molecule has 0 N–H and O–H groups in total. The van der Waals surface area contributed by atoms with Crippen molar-refractivity contribution in [2.24, 2.45) is 0 Å². The number of carbonyl (C=O) groups excluding carboxylic acids is 2. The Balaban J connectivity index is 1.52. The molecule has 0 aliphatic carbocycles. The van der Waals surface area contributed by atoms with Crippen molar-refractivity contribution >= 4 is 23.5 Å². The van der Waals surface area contributed by atoms with Crippen LogP contribution in [0, 0.1) is 17.0 Å². The highest BCUT2D eigenvalue weighted by atomic mass is 16.6. The zero-order chi connectivity index (χ0) is 21.3. The van der Waals surface area contributed by atoms with Crippen molar-refractivity contribution in [1.29, 1.82) is 0 Å². The summed E-state index contributed by atoms with van der Waals surface area (Å²) in [6.07, 6.45) is 1.50. The normalized spacial score (nSPS) is 13.6. The Hall–Kier alpha value is -4.26. The first-order chi connectivity index (χ1) is 14.4. The van der Waals surface area contributed by atoms with Crippen LogP contribution >= 0.6 is 0 Å². The van der Waals surface area contributed by atoms with Gasteiger partial charge in [0.15, 0.2) is 5.76 Å². The molecule has 0 radical (unpaired) electrons. The summed E-state index contributed by atoms with van der Waals surface area (Å²) in [5, 5.41) is 10.7. The highest BCUT2D eigenvalue weighted by Crippen LogP contribution is 2.35. The molecular formula is C23H15NO6. The van der Waals surface area contributed by atoms with Crippen LogP contribution in [0.3, 0.4) is 0 Å². The Morgan fingerprint density at radius 1 is 1.03 bits per heavy atom. The average molecular weight is 401 g/mol. The fourth-order valence-electron chi connectivity index (χ4n) is 2.93. The molecule has 0 saturated heterocycles. The van der Waals surface area contributed by atoms with E-state index in [1.165, 1.54) is 48.5 Å². The van der Waals surface area contributed by atoms with E-state index in [1.54, 1.807) is 12.1 Å². The molecule has 0 unspecified atom stereocenters. The summed E-state index contributed by atoms with van der Waals surface area (Å²) in [7, 11) is 0. The molecule has 0 fully saturated rings. The quantitative estimate of drug-likeness (QED) is 0.206. The lowest BCUT2D eigenvalue weighted by molar-refractivity contribution is -0.384. The standard InChI is InChI=1S/C23H15NO6/c1-14-2-6-16(7-3-14)23(26)29-18-10-11-19-20(13-18)30-21(22(19)25)12-15-4-8-17(9-5-15)24(27)28/h2-13H,1H3. The third kappa shape index (κ3) is 3.81. The van der Waals surface area contributed by atoms with Crippen molar-refractivity contribution in [2.45, 2.75) is 6.92 Å². The molecule has 1 aliphatic rings. The van der Waals surface area contributed by atoms with Gasteiger partial charge in [-0.2, -0.15) is 0 Å². The van der Waals surface area contributed by atoms with Crippen LogP contribution in [0.4, 0.5) is 5.69 Å². The molecule has 148 valence electrons. The molecule has 30 heavy (non-hydrogen) atoms. The zero-order valence-corrected chi connectivity index (χ0v) is 15.8. The van der Waals surface area contributed by atoms with Crippen LogP contribution in [-0.2, 0) is 0 Å². The van der Waals surface area contributed by atoms with Gasteiger partial charge in [0.1, 0.15) is 11.5 Å². The molecule has 0 atom stereocenters. The van der Waals surface area contributed by atoms with Gasteiger partial charge in [0.2, 0.25) is 5.78 Å². The summed E-state index contributed by atoms with van der Waals surface area (Å²) < 4.78 is 11.0. The number of esters is 1. The van der Waals surface area contributed by atoms with Gasteiger partial charge in [-0.05, 0) is 55.0 Å². The SMILES string of the molecule is Cc1ccc(C(=O)Oc2ccc3c(c2)OC(=Cc2ccc([N+](=O)[O-])cc2)C3=O)cc1. The minimum Gasteiger partial charge on any atom is -0.452 e. The molecule has 7 nitrogen and oxygen atoms in total. The highest BCUT2D eigenvalue weighted by molar-refractivity contribution is 6.14.